The maximum Gasteiger partial charge on any atom is 0.227 e. The van der Waals surface area contributed by atoms with Gasteiger partial charge in [-0.3, -0.25) is 9.59 Å². The molecule has 2 amide bonds. The van der Waals surface area contributed by atoms with Crippen LogP contribution < -0.4 is 9.64 Å². The van der Waals surface area contributed by atoms with Gasteiger partial charge in [-0.15, -0.1) is 0 Å². The molecule has 0 radical (unpaired) electrons. The zero-order chi connectivity index (χ0) is 23.5. The third-order valence-electron chi connectivity index (χ3n) is 6.64. The molecule has 1 aliphatic carbocycles. The van der Waals surface area contributed by atoms with Crippen LogP contribution in [0.5, 0.6) is 5.75 Å². The second-order valence-electron chi connectivity index (χ2n) is 9.11. The summed E-state index contributed by atoms with van der Waals surface area (Å²) in [5.41, 5.74) is 2.11. The molecule has 1 N–H and O–H groups in total. The van der Waals surface area contributed by atoms with Crippen molar-refractivity contribution in [2.45, 2.75) is 83.6 Å². The van der Waals surface area contributed by atoms with Crippen molar-refractivity contribution in [2.75, 3.05) is 31.2 Å². The molecule has 2 aliphatic rings. The van der Waals surface area contributed by atoms with E-state index in [9.17, 15) is 14.7 Å². The molecule has 1 fully saturated rings. The monoisotopic (exact) mass is 456 g/mol. The van der Waals surface area contributed by atoms with E-state index in [0.717, 1.165) is 49.1 Å². The smallest absolute Gasteiger partial charge is 0.227 e. The van der Waals surface area contributed by atoms with Gasteiger partial charge in [0.15, 0.2) is 0 Å². The number of carbonyl (C=O) groups excluding carboxylic acids is 2. The highest BCUT2D eigenvalue weighted by molar-refractivity contribution is 5.96. The summed E-state index contributed by atoms with van der Waals surface area (Å²) in [5.74, 6) is 1.08. The van der Waals surface area contributed by atoms with Gasteiger partial charge in [-0.25, -0.2) is 0 Å². The highest BCUT2D eigenvalue weighted by Crippen LogP contribution is 2.31. The summed E-state index contributed by atoms with van der Waals surface area (Å²) in [6.45, 7) is 3.68. The van der Waals surface area contributed by atoms with Gasteiger partial charge in [0, 0.05) is 37.7 Å². The SMILES string of the molecule is CCCC=CCN1C(=O)CCc2cc(OCCCC(=O)N(CCO)C3CCCCC3)ccc21. The Morgan fingerprint density at radius 3 is 2.79 bits per heavy atom. The minimum Gasteiger partial charge on any atom is -0.494 e. The number of hydrogen-bond donors (Lipinski definition) is 1. The maximum atomic E-state index is 12.7. The lowest BCUT2D eigenvalue weighted by Gasteiger charge is -2.34. The molecule has 0 aromatic heterocycles. The van der Waals surface area contributed by atoms with Crippen molar-refractivity contribution in [1.29, 1.82) is 0 Å². The Kier molecular flexibility index (Phi) is 10.3. The van der Waals surface area contributed by atoms with Gasteiger partial charge < -0.3 is 19.6 Å². The predicted octanol–water partition coefficient (Wildman–Crippen LogP) is 4.63. The average Bonchev–Trinajstić information content (AvgIpc) is 2.84. The van der Waals surface area contributed by atoms with E-state index in [-0.39, 0.29) is 24.5 Å². The molecule has 1 aliphatic heterocycles. The van der Waals surface area contributed by atoms with E-state index in [2.05, 4.69) is 19.1 Å². The van der Waals surface area contributed by atoms with Crippen molar-refractivity contribution in [3.63, 3.8) is 0 Å². The molecule has 182 valence electrons. The van der Waals surface area contributed by atoms with Crippen molar-refractivity contribution < 1.29 is 19.4 Å². The Bertz CT molecular complexity index is 801. The molecule has 0 atom stereocenters. The predicted molar refractivity (Wildman–Crippen MR) is 132 cm³/mol. The van der Waals surface area contributed by atoms with Crippen LogP contribution in [0, 0.1) is 0 Å². The lowest BCUT2D eigenvalue weighted by atomic mass is 9.94. The zero-order valence-electron chi connectivity index (χ0n) is 20.1. The van der Waals surface area contributed by atoms with Crippen LogP contribution >= 0.6 is 0 Å². The zero-order valence-corrected chi connectivity index (χ0v) is 20.1. The van der Waals surface area contributed by atoms with E-state index in [4.69, 9.17) is 4.74 Å². The van der Waals surface area contributed by atoms with Gasteiger partial charge in [-0.05, 0) is 55.9 Å². The molecule has 1 heterocycles. The Hall–Kier alpha value is -2.34. The molecule has 3 rings (SSSR count). The summed E-state index contributed by atoms with van der Waals surface area (Å²) >= 11 is 0. The average molecular weight is 457 g/mol. The second-order valence-corrected chi connectivity index (χ2v) is 9.11. The summed E-state index contributed by atoms with van der Waals surface area (Å²) in [7, 11) is 0. The van der Waals surface area contributed by atoms with Gasteiger partial charge in [0.1, 0.15) is 5.75 Å². The lowest BCUT2D eigenvalue weighted by Crippen LogP contribution is -2.43. The highest BCUT2D eigenvalue weighted by atomic mass is 16.5. The van der Waals surface area contributed by atoms with E-state index in [0.29, 0.717) is 39.0 Å². The fourth-order valence-electron chi connectivity index (χ4n) is 4.86. The molecular weight excluding hydrogens is 416 g/mol. The van der Waals surface area contributed by atoms with E-state index >= 15 is 0 Å². The Morgan fingerprint density at radius 1 is 1.21 bits per heavy atom. The Labute approximate surface area is 198 Å². The maximum absolute atomic E-state index is 12.7. The molecule has 1 saturated carbocycles. The molecule has 0 unspecified atom stereocenters. The summed E-state index contributed by atoms with van der Waals surface area (Å²) in [5, 5.41) is 9.39. The summed E-state index contributed by atoms with van der Waals surface area (Å²) < 4.78 is 5.95. The number of rotatable bonds is 12. The van der Waals surface area contributed by atoms with E-state index in [1.807, 2.05) is 28.0 Å². The third kappa shape index (κ3) is 7.32. The van der Waals surface area contributed by atoms with Crippen LogP contribution in [0.25, 0.3) is 0 Å². The Morgan fingerprint density at radius 2 is 2.03 bits per heavy atom. The van der Waals surface area contributed by atoms with Crippen molar-refractivity contribution in [3.05, 3.63) is 35.9 Å². The van der Waals surface area contributed by atoms with Crippen LogP contribution in [0.4, 0.5) is 5.69 Å². The third-order valence-corrected chi connectivity index (χ3v) is 6.64. The van der Waals surface area contributed by atoms with Crippen LogP contribution in [0.1, 0.15) is 76.7 Å². The first kappa shape index (κ1) is 25.3. The number of aliphatic hydroxyl groups is 1. The number of unbranched alkanes of at least 4 members (excludes halogenated alkanes) is 1. The number of aliphatic hydroxyl groups excluding tert-OH is 1. The number of amides is 2. The number of carbonyl (C=O) groups is 2. The number of hydrogen-bond acceptors (Lipinski definition) is 4. The van der Waals surface area contributed by atoms with Crippen LogP contribution in [0.3, 0.4) is 0 Å². The number of allylic oxidation sites excluding steroid dienone is 1. The van der Waals surface area contributed by atoms with E-state index in [1.54, 1.807) is 0 Å². The van der Waals surface area contributed by atoms with Gasteiger partial charge in [-0.2, -0.15) is 0 Å². The standard InChI is InChI=1S/C27H40N2O4/c1-2-3-4-8-17-29-25-15-14-24(21-22(25)13-16-27(29)32)33-20-9-12-26(31)28(18-19-30)23-10-6-5-7-11-23/h4,8,14-15,21,23,30H,2-3,5-7,9-13,16-20H2,1H3. The van der Waals surface area contributed by atoms with Gasteiger partial charge in [-0.1, -0.05) is 44.8 Å². The van der Waals surface area contributed by atoms with Crippen LogP contribution in [-0.4, -0.2) is 54.2 Å². The molecule has 6 nitrogen and oxygen atoms in total. The first-order valence-corrected chi connectivity index (χ1v) is 12.8. The van der Waals surface area contributed by atoms with Gasteiger partial charge in [0.2, 0.25) is 11.8 Å². The highest BCUT2D eigenvalue weighted by Gasteiger charge is 2.25. The summed E-state index contributed by atoms with van der Waals surface area (Å²) in [4.78, 5) is 28.9. The molecule has 0 spiro atoms. The topological polar surface area (TPSA) is 70.1 Å². The van der Waals surface area contributed by atoms with Crippen molar-refractivity contribution in [3.8, 4) is 5.75 Å². The second kappa shape index (κ2) is 13.4. The fourth-order valence-corrected chi connectivity index (χ4v) is 4.86. The largest absolute Gasteiger partial charge is 0.494 e. The molecule has 1 aromatic carbocycles. The van der Waals surface area contributed by atoms with Crippen LogP contribution in [0.2, 0.25) is 0 Å². The van der Waals surface area contributed by atoms with Crippen LogP contribution in [0.15, 0.2) is 30.4 Å². The van der Waals surface area contributed by atoms with Crippen LogP contribution in [-0.2, 0) is 16.0 Å². The first-order valence-electron chi connectivity index (χ1n) is 12.8. The number of ether oxygens (including phenoxy) is 1. The fraction of sp³-hybridized carbons (Fsp3) is 0.630. The Balaban J connectivity index is 1.49. The molecule has 6 heteroatoms. The minimum atomic E-state index is 0.0157. The summed E-state index contributed by atoms with van der Waals surface area (Å²) in [6.07, 6.45) is 14.4. The van der Waals surface area contributed by atoms with Crippen molar-refractivity contribution in [2.24, 2.45) is 0 Å². The number of anilines is 1. The van der Waals surface area contributed by atoms with Gasteiger partial charge >= 0.3 is 0 Å². The number of nitrogens with zero attached hydrogens (tertiary/aromatic N) is 2. The number of benzene rings is 1. The molecule has 0 bridgehead atoms. The molecular formula is C27H40N2O4. The van der Waals surface area contributed by atoms with Gasteiger partial charge in [0.05, 0.1) is 13.2 Å². The first-order chi connectivity index (χ1) is 16.1. The van der Waals surface area contributed by atoms with Gasteiger partial charge in [0.25, 0.3) is 0 Å². The molecule has 1 aromatic rings. The normalized spacial score (nSPS) is 16.8. The lowest BCUT2D eigenvalue weighted by molar-refractivity contribution is -0.135. The van der Waals surface area contributed by atoms with Crippen molar-refractivity contribution in [1.82, 2.24) is 4.90 Å². The molecule has 0 saturated heterocycles. The number of fused-ring (bicyclic) bond motifs is 1. The minimum absolute atomic E-state index is 0.0157. The van der Waals surface area contributed by atoms with E-state index in [1.165, 1.54) is 19.3 Å². The summed E-state index contributed by atoms with van der Waals surface area (Å²) in [6, 6.07) is 6.21. The van der Waals surface area contributed by atoms with E-state index < -0.39 is 0 Å². The molecule has 33 heavy (non-hydrogen) atoms. The van der Waals surface area contributed by atoms with Crippen molar-refractivity contribution >= 4 is 17.5 Å². The quantitative estimate of drug-likeness (QED) is 0.368. The number of aryl methyl sites for hydroxylation is 1.